The maximum atomic E-state index is 12.2. The van der Waals surface area contributed by atoms with Crippen molar-refractivity contribution in [2.75, 3.05) is 19.0 Å². The highest BCUT2D eigenvalue weighted by atomic mass is 32.2. The summed E-state index contributed by atoms with van der Waals surface area (Å²) in [6, 6.07) is 13.3. The highest BCUT2D eigenvalue weighted by Gasteiger charge is 2.15. The number of hydrazine groups is 1. The van der Waals surface area contributed by atoms with Gasteiger partial charge in [0.1, 0.15) is 11.5 Å². The van der Waals surface area contributed by atoms with Crippen molar-refractivity contribution in [3.05, 3.63) is 48.5 Å². The molecule has 9 heteroatoms. The Labute approximate surface area is 163 Å². The third-order valence-electron chi connectivity index (χ3n) is 3.27. The Bertz CT molecular complexity index is 837. The van der Waals surface area contributed by atoms with Crippen molar-refractivity contribution in [1.29, 1.82) is 0 Å². The van der Waals surface area contributed by atoms with E-state index in [1.165, 1.54) is 23.9 Å². The van der Waals surface area contributed by atoms with Crippen LogP contribution in [0.25, 0.3) is 0 Å². The summed E-state index contributed by atoms with van der Waals surface area (Å²) in [5, 5.41) is 0. The molecule has 0 bridgehead atoms. The first-order valence-corrected chi connectivity index (χ1v) is 10.8. The molecule has 0 aliphatic carbocycles. The predicted octanol–water partition coefficient (Wildman–Crippen LogP) is 2.59. The molecule has 0 saturated carbocycles. The molecule has 0 saturated heterocycles. The Morgan fingerprint density at radius 1 is 0.926 bits per heavy atom. The van der Waals surface area contributed by atoms with Gasteiger partial charge in [0, 0.05) is 4.90 Å². The molecule has 0 heterocycles. The van der Waals surface area contributed by atoms with Gasteiger partial charge < -0.3 is 9.47 Å². The number of amides is 1. The highest BCUT2D eigenvalue weighted by Crippen LogP contribution is 2.21. The summed E-state index contributed by atoms with van der Waals surface area (Å²) >= 11 is 1.29. The van der Waals surface area contributed by atoms with Crippen LogP contribution in [-0.4, -0.2) is 33.3 Å². The molecular weight excluding hydrogens is 388 g/mol. The van der Waals surface area contributed by atoms with E-state index in [1.54, 1.807) is 12.1 Å². The summed E-state index contributed by atoms with van der Waals surface area (Å²) in [5.41, 5.74) is 2.21. The number of ether oxygens (including phenoxy) is 2. The lowest BCUT2D eigenvalue weighted by atomic mass is 10.3. The molecule has 0 radical (unpaired) electrons. The zero-order valence-electron chi connectivity index (χ0n) is 15.1. The summed E-state index contributed by atoms with van der Waals surface area (Å²) in [6.45, 7) is 4.82. The number of rotatable bonds is 10. The smallest absolute Gasteiger partial charge is 0.257 e. The molecule has 27 heavy (non-hydrogen) atoms. The zero-order chi connectivity index (χ0) is 19.7. The minimum absolute atomic E-state index is 0.0328. The van der Waals surface area contributed by atoms with Crippen molar-refractivity contribution < 1.29 is 22.7 Å². The Kier molecular flexibility index (Phi) is 7.96. The second-order valence-corrected chi connectivity index (χ2v) is 7.98. The molecule has 0 aliphatic heterocycles. The normalized spacial score (nSPS) is 11.0. The monoisotopic (exact) mass is 410 g/mol. The molecule has 2 aromatic carbocycles. The van der Waals surface area contributed by atoms with Gasteiger partial charge in [-0.15, -0.1) is 16.6 Å². The molecule has 146 valence electrons. The lowest BCUT2D eigenvalue weighted by molar-refractivity contribution is -0.119. The number of hydrogen-bond donors (Lipinski definition) is 2. The molecule has 2 rings (SSSR count). The van der Waals surface area contributed by atoms with Crippen molar-refractivity contribution >= 4 is 27.7 Å². The van der Waals surface area contributed by atoms with E-state index in [1.807, 2.05) is 38.1 Å². The van der Waals surface area contributed by atoms with E-state index in [2.05, 4.69) is 10.3 Å². The number of hydrogen-bond acceptors (Lipinski definition) is 6. The fourth-order valence-corrected chi connectivity index (χ4v) is 3.61. The van der Waals surface area contributed by atoms with Gasteiger partial charge in [-0.2, -0.15) is 0 Å². The van der Waals surface area contributed by atoms with Crippen molar-refractivity contribution in [1.82, 2.24) is 10.3 Å². The predicted molar refractivity (Wildman–Crippen MR) is 104 cm³/mol. The topological polar surface area (TPSA) is 93.7 Å². The number of carbonyl (C=O) groups excluding carboxylic acids is 1. The second kappa shape index (κ2) is 10.2. The molecule has 0 aliphatic rings. The van der Waals surface area contributed by atoms with Crippen LogP contribution in [0.1, 0.15) is 13.8 Å². The van der Waals surface area contributed by atoms with E-state index in [0.717, 1.165) is 10.6 Å². The van der Waals surface area contributed by atoms with Crippen LogP contribution >= 0.6 is 11.8 Å². The maximum Gasteiger partial charge on any atom is 0.257 e. The van der Waals surface area contributed by atoms with Gasteiger partial charge in [-0.3, -0.25) is 10.2 Å². The average Bonchev–Trinajstić information content (AvgIpc) is 2.67. The highest BCUT2D eigenvalue weighted by molar-refractivity contribution is 8.00. The van der Waals surface area contributed by atoms with E-state index in [4.69, 9.17) is 9.47 Å². The Hall–Kier alpha value is -2.23. The lowest BCUT2D eigenvalue weighted by Crippen LogP contribution is -2.42. The third kappa shape index (κ3) is 6.78. The molecule has 0 unspecified atom stereocenters. The molecule has 2 N–H and O–H groups in total. The number of benzene rings is 2. The zero-order valence-corrected chi connectivity index (χ0v) is 16.7. The Morgan fingerprint density at radius 3 is 1.96 bits per heavy atom. The van der Waals surface area contributed by atoms with Crippen molar-refractivity contribution in [3.8, 4) is 11.5 Å². The standard InChI is InChI=1S/C18H22N2O5S2/c1-3-24-14-5-9-16(10-6-14)26-13-18(21)19-20-27(22,23)17-11-7-15(8-12-17)25-4-2/h5-12,20H,3-4,13H2,1-2H3,(H,19,21). The summed E-state index contributed by atoms with van der Waals surface area (Å²) in [5.74, 6) is 0.949. The fraction of sp³-hybridized carbons (Fsp3) is 0.278. The van der Waals surface area contributed by atoms with Crippen molar-refractivity contribution in [3.63, 3.8) is 0 Å². The number of carbonyl (C=O) groups is 1. The van der Waals surface area contributed by atoms with Gasteiger partial charge in [-0.25, -0.2) is 8.42 Å². The first kappa shape index (κ1) is 21.1. The van der Waals surface area contributed by atoms with E-state index in [-0.39, 0.29) is 10.6 Å². The van der Waals surface area contributed by atoms with Crippen molar-refractivity contribution in [2.45, 2.75) is 23.6 Å². The SMILES string of the molecule is CCOc1ccc(SCC(=O)NNS(=O)(=O)c2ccc(OCC)cc2)cc1. The average molecular weight is 411 g/mol. The van der Waals surface area contributed by atoms with Crippen LogP contribution in [0.4, 0.5) is 0 Å². The molecule has 0 atom stereocenters. The second-order valence-electron chi connectivity index (χ2n) is 5.25. The molecular formula is C18H22N2O5S2. The fourth-order valence-electron chi connectivity index (χ4n) is 2.05. The minimum Gasteiger partial charge on any atom is -0.494 e. The number of sulfonamides is 1. The van der Waals surface area contributed by atoms with Gasteiger partial charge in [-0.1, -0.05) is 0 Å². The molecule has 2 aromatic rings. The van der Waals surface area contributed by atoms with Crippen molar-refractivity contribution in [2.24, 2.45) is 0 Å². The number of nitrogens with one attached hydrogen (secondary N) is 2. The van der Waals surface area contributed by atoms with Gasteiger partial charge in [0.05, 0.1) is 23.9 Å². The molecule has 0 aromatic heterocycles. The van der Waals surface area contributed by atoms with Crippen LogP contribution in [0.5, 0.6) is 11.5 Å². The van der Waals surface area contributed by atoms with Crippen LogP contribution in [0.3, 0.4) is 0 Å². The van der Waals surface area contributed by atoms with E-state index in [9.17, 15) is 13.2 Å². The molecule has 7 nitrogen and oxygen atoms in total. The lowest BCUT2D eigenvalue weighted by Gasteiger charge is -2.09. The molecule has 1 amide bonds. The van der Waals surface area contributed by atoms with E-state index < -0.39 is 15.9 Å². The maximum absolute atomic E-state index is 12.2. The Morgan fingerprint density at radius 2 is 1.44 bits per heavy atom. The van der Waals surface area contributed by atoms with E-state index in [0.29, 0.717) is 19.0 Å². The molecule has 0 spiro atoms. The van der Waals surface area contributed by atoms with Gasteiger partial charge in [0.2, 0.25) is 5.91 Å². The van der Waals surface area contributed by atoms with Crippen LogP contribution < -0.4 is 19.7 Å². The third-order valence-corrected chi connectivity index (χ3v) is 5.55. The first-order chi connectivity index (χ1) is 12.9. The summed E-state index contributed by atoms with van der Waals surface area (Å²) < 4.78 is 35.0. The van der Waals surface area contributed by atoms with Crippen LogP contribution in [0.15, 0.2) is 58.3 Å². The first-order valence-electron chi connectivity index (χ1n) is 8.33. The number of thioether (sulfide) groups is 1. The summed E-state index contributed by atoms with van der Waals surface area (Å²) in [7, 11) is -3.85. The summed E-state index contributed by atoms with van der Waals surface area (Å²) in [6.07, 6.45) is 0. The largest absolute Gasteiger partial charge is 0.494 e. The Balaban J connectivity index is 1.83. The van der Waals surface area contributed by atoms with Crippen LogP contribution in [-0.2, 0) is 14.8 Å². The van der Waals surface area contributed by atoms with Gasteiger partial charge in [0.25, 0.3) is 10.0 Å². The summed E-state index contributed by atoms with van der Waals surface area (Å²) in [4.78, 5) is 14.9. The quantitative estimate of drug-likeness (QED) is 0.462. The van der Waals surface area contributed by atoms with Crippen LogP contribution in [0, 0.1) is 0 Å². The minimum atomic E-state index is -3.85. The van der Waals surface area contributed by atoms with Gasteiger partial charge in [0.15, 0.2) is 0 Å². The van der Waals surface area contributed by atoms with E-state index >= 15 is 0 Å². The van der Waals surface area contributed by atoms with Crippen LogP contribution in [0.2, 0.25) is 0 Å². The van der Waals surface area contributed by atoms with Gasteiger partial charge >= 0.3 is 0 Å². The molecule has 0 fully saturated rings. The van der Waals surface area contributed by atoms with Gasteiger partial charge in [-0.05, 0) is 62.4 Å².